The molecule has 1 N–H and O–H groups in total. The predicted molar refractivity (Wildman–Crippen MR) is 70.2 cm³/mol. The third kappa shape index (κ3) is 4.66. The Morgan fingerprint density at radius 1 is 1.18 bits per heavy atom. The van der Waals surface area contributed by atoms with Crippen LogP contribution in [0.4, 0.5) is 0 Å². The molecular weight excluding hydrogens is 214 g/mol. The monoisotopic (exact) mass is 241 g/mol. The lowest BCUT2D eigenvalue weighted by Gasteiger charge is -2.33. The Hall–Kier alpha value is -0.570. The first-order valence-corrected chi connectivity index (χ1v) is 7.04. The van der Waals surface area contributed by atoms with Gasteiger partial charge < -0.3 is 10.0 Å². The molecule has 1 atom stereocenters. The highest BCUT2D eigenvalue weighted by atomic mass is 16.4. The van der Waals surface area contributed by atoms with E-state index in [4.69, 9.17) is 0 Å². The van der Waals surface area contributed by atoms with Crippen LogP contribution in [0.15, 0.2) is 0 Å². The fraction of sp³-hybridized carbons (Fsp3) is 0.929. The Morgan fingerprint density at radius 3 is 2.18 bits per heavy atom. The van der Waals surface area contributed by atoms with Gasteiger partial charge in [-0.1, -0.05) is 32.6 Å². The van der Waals surface area contributed by atoms with Gasteiger partial charge in [0.25, 0.3) is 0 Å². The van der Waals surface area contributed by atoms with Gasteiger partial charge in [-0.15, -0.1) is 0 Å². The van der Waals surface area contributed by atoms with Crippen molar-refractivity contribution in [3.05, 3.63) is 0 Å². The van der Waals surface area contributed by atoms with Crippen LogP contribution in [0.25, 0.3) is 0 Å². The summed E-state index contributed by atoms with van der Waals surface area (Å²) in [5, 5.41) is 9.39. The molecule has 1 aliphatic heterocycles. The molecule has 1 rings (SSSR count). The first-order valence-electron chi connectivity index (χ1n) is 7.04. The molecule has 1 saturated heterocycles. The van der Waals surface area contributed by atoms with Gasteiger partial charge in [-0.05, 0) is 39.3 Å². The minimum absolute atomic E-state index is 0.562. The van der Waals surface area contributed by atoms with E-state index >= 15 is 0 Å². The highest BCUT2D eigenvalue weighted by molar-refractivity contribution is 5.74. The number of hydrogen-bond donors (Lipinski definition) is 1. The molecule has 0 aromatic carbocycles. The zero-order chi connectivity index (χ0) is 12.7. The largest absolute Gasteiger partial charge is 0.481 e. The van der Waals surface area contributed by atoms with Gasteiger partial charge in [0, 0.05) is 6.54 Å². The number of carboxylic acid groups (broad SMARTS) is 1. The average Bonchev–Trinajstić information content (AvgIpc) is 2.22. The summed E-state index contributed by atoms with van der Waals surface area (Å²) in [5.41, 5.74) is -0.562. The molecule has 100 valence electrons. The minimum atomic E-state index is -0.638. The Labute approximate surface area is 105 Å². The minimum Gasteiger partial charge on any atom is -0.481 e. The Bertz CT molecular complexity index is 234. The van der Waals surface area contributed by atoms with Crippen molar-refractivity contribution in [1.82, 2.24) is 4.90 Å². The third-order valence-corrected chi connectivity index (χ3v) is 3.84. The molecule has 0 aromatic rings. The third-order valence-electron chi connectivity index (χ3n) is 3.84. The van der Waals surface area contributed by atoms with Gasteiger partial charge in [-0.25, -0.2) is 0 Å². The highest BCUT2D eigenvalue weighted by Crippen LogP contribution is 2.26. The molecule has 0 spiro atoms. The topological polar surface area (TPSA) is 40.5 Å². The molecule has 0 amide bonds. The van der Waals surface area contributed by atoms with Crippen molar-refractivity contribution in [2.45, 2.75) is 58.8 Å². The normalized spacial score (nSPS) is 22.5. The number of carboxylic acids is 1. The van der Waals surface area contributed by atoms with Gasteiger partial charge in [-0.2, -0.15) is 0 Å². The number of likely N-dealkylation sites (tertiary alicyclic amines) is 1. The lowest BCUT2D eigenvalue weighted by Crippen LogP contribution is -2.42. The quantitative estimate of drug-likeness (QED) is 0.804. The van der Waals surface area contributed by atoms with Crippen LogP contribution < -0.4 is 0 Å². The van der Waals surface area contributed by atoms with E-state index < -0.39 is 11.4 Å². The molecule has 1 heterocycles. The first-order chi connectivity index (χ1) is 8.08. The zero-order valence-electron chi connectivity index (χ0n) is 11.4. The standard InChI is InChI=1S/C14H27NO2/c1-3-9-14(2,13(16)17)12-15-10-7-5-4-6-8-11-15/h3-12H2,1-2H3,(H,16,17). The predicted octanol–water partition coefficient (Wildman–Crippen LogP) is 3.14. The van der Waals surface area contributed by atoms with Crippen LogP contribution in [0.5, 0.6) is 0 Å². The van der Waals surface area contributed by atoms with Gasteiger partial charge in [-0.3, -0.25) is 4.79 Å². The Morgan fingerprint density at radius 2 is 1.71 bits per heavy atom. The van der Waals surface area contributed by atoms with Crippen LogP contribution in [-0.2, 0) is 4.79 Å². The van der Waals surface area contributed by atoms with Crippen LogP contribution in [0.2, 0.25) is 0 Å². The van der Waals surface area contributed by atoms with Crippen molar-refractivity contribution >= 4 is 5.97 Å². The summed E-state index contributed by atoms with van der Waals surface area (Å²) < 4.78 is 0. The maximum absolute atomic E-state index is 11.4. The number of nitrogens with zero attached hydrogens (tertiary/aromatic N) is 1. The second-order valence-corrected chi connectivity index (χ2v) is 5.66. The molecule has 0 bridgehead atoms. The fourth-order valence-corrected chi connectivity index (χ4v) is 2.77. The van der Waals surface area contributed by atoms with Crippen LogP contribution >= 0.6 is 0 Å². The molecule has 1 fully saturated rings. The maximum atomic E-state index is 11.4. The molecular formula is C14H27NO2. The number of rotatable bonds is 5. The molecule has 0 aliphatic carbocycles. The van der Waals surface area contributed by atoms with Crippen LogP contribution in [0.3, 0.4) is 0 Å². The summed E-state index contributed by atoms with van der Waals surface area (Å²) in [6.45, 7) is 6.83. The highest BCUT2D eigenvalue weighted by Gasteiger charge is 2.34. The number of aliphatic carboxylic acids is 1. The molecule has 1 aliphatic rings. The van der Waals surface area contributed by atoms with E-state index in [0.29, 0.717) is 0 Å². The Kier molecular flexibility index (Phi) is 5.96. The summed E-state index contributed by atoms with van der Waals surface area (Å²) >= 11 is 0. The summed E-state index contributed by atoms with van der Waals surface area (Å²) in [6.07, 6.45) is 8.11. The molecule has 0 saturated carbocycles. The average molecular weight is 241 g/mol. The van der Waals surface area contributed by atoms with E-state index in [-0.39, 0.29) is 0 Å². The van der Waals surface area contributed by atoms with Gasteiger partial charge in [0.2, 0.25) is 0 Å². The molecule has 0 radical (unpaired) electrons. The zero-order valence-corrected chi connectivity index (χ0v) is 11.4. The van der Waals surface area contributed by atoms with Gasteiger partial charge in [0.15, 0.2) is 0 Å². The second-order valence-electron chi connectivity index (χ2n) is 5.66. The number of carbonyl (C=O) groups is 1. The molecule has 17 heavy (non-hydrogen) atoms. The lowest BCUT2D eigenvalue weighted by atomic mass is 9.85. The van der Waals surface area contributed by atoms with Gasteiger partial charge >= 0.3 is 5.97 Å². The van der Waals surface area contributed by atoms with Crippen molar-refractivity contribution in [2.24, 2.45) is 5.41 Å². The summed E-state index contributed by atoms with van der Waals surface area (Å²) in [4.78, 5) is 13.8. The van der Waals surface area contributed by atoms with Gasteiger partial charge in [0.1, 0.15) is 0 Å². The van der Waals surface area contributed by atoms with Crippen LogP contribution in [0.1, 0.15) is 58.8 Å². The smallest absolute Gasteiger partial charge is 0.310 e. The van der Waals surface area contributed by atoms with E-state index in [2.05, 4.69) is 11.8 Å². The Balaban J connectivity index is 2.54. The van der Waals surface area contributed by atoms with E-state index in [1.165, 1.54) is 32.1 Å². The van der Waals surface area contributed by atoms with Gasteiger partial charge in [0.05, 0.1) is 5.41 Å². The lowest BCUT2D eigenvalue weighted by molar-refractivity contribution is -0.149. The van der Waals surface area contributed by atoms with Crippen molar-refractivity contribution in [2.75, 3.05) is 19.6 Å². The fourth-order valence-electron chi connectivity index (χ4n) is 2.77. The van der Waals surface area contributed by atoms with E-state index in [1.54, 1.807) is 0 Å². The second kappa shape index (κ2) is 7.00. The van der Waals surface area contributed by atoms with E-state index in [1.807, 2.05) is 6.92 Å². The van der Waals surface area contributed by atoms with Crippen molar-refractivity contribution in [3.63, 3.8) is 0 Å². The van der Waals surface area contributed by atoms with Crippen molar-refractivity contribution in [3.8, 4) is 0 Å². The van der Waals surface area contributed by atoms with Crippen molar-refractivity contribution in [1.29, 1.82) is 0 Å². The first kappa shape index (κ1) is 14.5. The maximum Gasteiger partial charge on any atom is 0.310 e. The number of hydrogen-bond acceptors (Lipinski definition) is 2. The van der Waals surface area contributed by atoms with Crippen LogP contribution in [0, 0.1) is 5.41 Å². The molecule has 0 aromatic heterocycles. The molecule has 3 nitrogen and oxygen atoms in total. The summed E-state index contributed by atoms with van der Waals surface area (Å²) in [7, 11) is 0. The van der Waals surface area contributed by atoms with Crippen molar-refractivity contribution < 1.29 is 9.90 Å². The van der Waals surface area contributed by atoms with E-state index in [9.17, 15) is 9.90 Å². The SMILES string of the molecule is CCCC(C)(CN1CCCCCCC1)C(=O)O. The van der Waals surface area contributed by atoms with Crippen LogP contribution in [-0.4, -0.2) is 35.6 Å². The van der Waals surface area contributed by atoms with E-state index in [0.717, 1.165) is 32.5 Å². The molecule has 1 unspecified atom stereocenters. The summed E-state index contributed by atoms with van der Waals surface area (Å²) in [6, 6.07) is 0. The summed E-state index contributed by atoms with van der Waals surface area (Å²) in [5.74, 6) is -0.638. The molecule has 3 heteroatoms.